The van der Waals surface area contributed by atoms with E-state index in [1.165, 1.54) is 6.42 Å². The molecule has 0 aromatic carbocycles. The molecule has 11 heavy (non-hydrogen) atoms. The smallest absolute Gasteiger partial charge is 0.0545 e. The molecule has 1 saturated carbocycles. The topological polar surface area (TPSA) is 20.2 Å². The quantitative estimate of drug-likeness (QED) is 0.618. The molecule has 0 aromatic rings. The lowest BCUT2D eigenvalue weighted by Gasteiger charge is -2.32. The highest BCUT2D eigenvalue weighted by molar-refractivity contribution is 4.77. The molecule has 1 N–H and O–H groups in total. The maximum atomic E-state index is 9.50. The first-order valence-corrected chi connectivity index (χ1v) is 4.77. The molecule has 0 spiro atoms. The van der Waals surface area contributed by atoms with Gasteiger partial charge < -0.3 is 5.11 Å². The molecule has 1 rings (SSSR count). The van der Waals surface area contributed by atoms with Crippen LogP contribution in [0.2, 0.25) is 0 Å². The van der Waals surface area contributed by atoms with Gasteiger partial charge in [-0.2, -0.15) is 0 Å². The Bertz CT molecular complexity index is 110. The molecule has 0 heterocycles. The van der Waals surface area contributed by atoms with Gasteiger partial charge in [-0.3, -0.25) is 0 Å². The van der Waals surface area contributed by atoms with Crippen molar-refractivity contribution in [2.45, 2.75) is 46.1 Å². The summed E-state index contributed by atoms with van der Waals surface area (Å²) in [5.41, 5.74) is 0. The zero-order chi connectivity index (χ0) is 8.43. The second-order valence-electron chi connectivity index (χ2n) is 4.47. The van der Waals surface area contributed by atoms with Crippen molar-refractivity contribution < 1.29 is 5.11 Å². The first kappa shape index (κ1) is 9.05. The third-order valence-electron chi connectivity index (χ3n) is 2.90. The van der Waals surface area contributed by atoms with Gasteiger partial charge in [-0.15, -0.1) is 0 Å². The molecule has 1 fully saturated rings. The van der Waals surface area contributed by atoms with Crippen molar-refractivity contribution in [2.75, 3.05) is 0 Å². The Morgan fingerprint density at radius 2 is 1.82 bits per heavy atom. The van der Waals surface area contributed by atoms with Crippen LogP contribution < -0.4 is 0 Å². The predicted molar refractivity (Wildman–Crippen MR) is 47.3 cm³/mol. The van der Waals surface area contributed by atoms with Crippen molar-refractivity contribution in [1.29, 1.82) is 0 Å². The lowest BCUT2D eigenvalue weighted by molar-refractivity contribution is 0.0599. The van der Waals surface area contributed by atoms with Crippen LogP contribution >= 0.6 is 0 Å². The van der Waals surface area contributed by atoms with E-state index in [0.717, 1.165) is 30.6 Å². The largest absolute Gasteiger partial charge is 0.393 e. The van der Waals surface area contributed by atoms with Crippen molar-refractivity contribution in [3.63, 3.8) is 0 Å². The Balaban J connectivity index is 2.43. The van der Waals surface area contributed by atoms with Gasteiger partial charge in [0, 0.05) is 0 Å². The Kier molecular flexibility index (Phi) is 2.94. The van der Waals surface area contributed by atoms with E-state index in [1.807, 2.05) is 0 Å². The Hall–Kier alpha value is -0.0400. The predicted octanol–water partition coefficient (Wildman–Crippen LogP) is 2.44. The van der Waals surface area contributed by atoms with E-state index < -0.39 is 0 Å². The fourth-order valence-electron chi connectivity index (χ4n) is 2.16. The lowest BCUT2D eigenvalue weighted by atomic mass is 9.76. The molecule has 1 aliphatic rings. The van der Waals surface area contributed by atoms with Gasteiger partial charge in [-0.1, -0.05) is 20.8 Å². The van der Waals surface area contributed by atoms with E-state index >= 15 is 0 Å². The maximum absolute atomic E-state index is 9.50. The number of hydrogen-bond donors (Lipinski definition) is 1. The summed E-state index contributed by atoms with van der Waals surface area (Å²) in [6.07, 6.45) is 3.34. The molecule has 0 radical (unpaired) electrons. The molecule has 0 aliphatic heterocycles. The second-order valence-corrected chi connectivity index (χ2v) is 4.47. The molecule has 66 valence electrons. The van der Waals surface area contributed by atoms with Crippen molar-refractivity contribution in [3.05, 3.63) is 0 Å². The maximum Gasteiger partial charge on any atom is 0.0545 e. The van der Waals surface area contributed by atoms with Crippen LogP contribution in [0, 0.1) is 17.8 Å². The van der Waals surface area contributed by atoms with Crippen LogP contribution in [-0.4, -0.2) is 11.2 Å². The van der Waals surface area contributed by atoms with Gasteiger partial charge in [-0.05, 0) is 37.0 Å². The standard InChI is InChI=1S/C10H20O/c1-7(2)9-4-8(3)5-10(11)6-9/h7-11H,4-6H2,1-3H3/t8-,9+,10-/m1/s1. The van der Waals surface area contributed by atoms with E-state index in [4.69, 9.17) is 0 Å². The SMILES string of the molecule is CC(C)[C@H]1C[C@@H](C)C[C@@H](O)C1. The zero-order valence-electron chi connectivity index (χ0n) is 7.88. The summed E-state index contributed by atoms with van der Waals surface area (Å²) in [5, 5.41) is 9.50. The fraction of sp³-hybridized carbons (Fsp3) is 1.00. The monoisotopic (exact) mass is 156 g/mol. The third-order valence-corrected chi connectivity index (χ3v) is 2.90. The minimum Gasteiger partial charge on any atom is -0.393 e. The highest BCUT2D eigenvalue weighted by Crippen LogP contribution is 2.33. The number of rotatable bonds is 1. The van der Waals surface area contributed by atoms with Gasteiger partial charge in [0.15, 0.2) is 0 Å². The van der Waals surface area contributed by atoms with E-state index in [1.54, 1.807) is 0 Å². The van der Waals surface area contributed by atoms with Crippen LogP contribution in [0.3, 0.4) is 0 Å². The van der Waals surface area contributed by atoms with Gasteiger partial charge in [0.2, 0.25) is 0 Å². The minimum atomic E-state index is -0.0221. The number of aliphatic hydroxyl groups excluding tert-OH is 1. The second kappa shape index (κ2) is 3.57. The van der Waals surface area contributed by atoms with Crippen LogP contribution in [0.15, 0.2) is 0 Å². The van der Waals surface area contributed by atoms with Crippen molar-refractivity contribution in [1.82, 2.24) is 0 Å². The summed E-state index contributed by atoms with van der Waals surface area (Å²) in [7, 11) is 0. The fourth-order valence-corrected chi connectivity index (χ4v) is 2.16. The normalized spacial score (nSPS) is 39.5. The average Bonchev–Trinajstić information content (AvgIpc) is 1.85. The zero-order valence-corrected chi connectivity index (χ0v) is 7.88. The number of aliphatic hydroxyl groups is 1. The van der Waals surface area contributed by atoms with Crippen LogP contribution in [0.4, 0.5) is 0 Å². The Morgan fingerprint density at radius 1 is 1.18 bits per heavy atom. The van der Waals surface area contributed by atoms with Gasteiger partial charge in [0.05, 0.1) is 6.10 Å². The van der Waals surface area contributed by atoms with Crippen LogP contribution in [0.1, 0.15) is 40.0 Å². The summed E-state index contributed by atoms with van der Waals surface area (Å²) >= 11 is 0. The van der Waals surface area contributed by atoms with Crippen molar-refractivity contribution >= 4 is 0 Å². The number of hydrogen-bond acceptors (Lipinski definition) is 1. The van der Waals surface area contributed by atoms with Gasteiger partial charge in [0.1, 0.15) is 0 Å². The van der Waals surface area contributed by atoms with Crippen LogP contribution in [-0.2, 0) is 0 Å². The molecule has 0 bridgehead atoms. The Morgan fingerprint density at radius 3 is 2.27 bits per heavy atom. The molecular formula is C10H20O. The molecule has 1 heteroatoms. The molecule has 0 aromatic heterocycles. The van der Waals surface area contributed by atoms with Gasteiger partial charge >= 0.3 is 0 Å². The van der Waals surface area contributed by atoms with E-state index in [-0.39, 0.29) is 6.10 Å². The molecule has 1 nitrogen and oxygen atoms in total. The summed E-state index contributed by atoms with van der Waals surface area (Å²) in [6.45, 7) is 6.77. The first-order valence-electron chi connectivity index (χ1n) is 4.77. The third kappa shape index (κ3) is 2.48. The van der Waals surface area contributed by atoms with Crippen LogP contribution in [0.5, 0.6) is 0 Å². The summed E-state index contributed by atoms with van der Waals surface area (Å²) in [4.78, 5) is 0. The highest BCUT2D eigenvalue weighted by atomic mass is 16.3. The Labute approximate surface area is 69.8 Å². The lowest BCUT2D eigenvalue weighted by Crippen LogP contribution is -2.27. The van der Waals surface area contributed by atoms with Gasteiger partial charge in [-0.25, -0.2) is 0 Å². The molecule has 0 unspecified atom stereocenters. The van der Waals surface area contributed by atoms with Gasteiger partial charge in [0.25, 0.3) is 0 Å². The minimum absolute atomic E-state index is 0.0221. The average molecular weight is 156 g/mol. The van der Waals surface area contributed by atoms with E-state index in [2.05, 4.69) is 20.8 Å². The summed E-state index contributed by atoms with van der Waals surface area (Å²) < 4.78 is 0. The molecule has 3 atom stereocenters. The van der Waals surface area contributed by atoms with Crippen molar-refractivity contribution in [2.24, 2.45) is 17.8 Å². The summed E-state index contributed by atoms with van der Waals surface area (Å²) in [6, 6.07) is 0. The molecular weight excluding hydrogens is 136 g/mol. The molecule has 0 saturated heterocycles. The molecule has 0 amide bonds. The van der Waals surface area contributed by atoms with E-state index in [9.17, 15) is 5.11 Å². The summed E-state index contributed by atoms with van der Waals surface area (Å²) in [5.74, 6) is 2.23. The first-order chi connectivity index (χ1) is 5.09. The van der Waals surface area contributed by atoms with E-state index in [0.29, 0.717) is 0 Å². The highest BCUT2D eigenvalue weighted by Gasteiger charge is 2.26. The molecule has 1 aliphatic carbocycles. The van der Waals surface area contributed by atoms with Crippen LogP contribution in [0.25, 0.3) is 0 Å². The van der Waals surface area contributed by atoms with Crippen molar-refractivity contribution in [3.8, 4) is 0 Å².